The van der Waals surface area contributed by atoms with Gasteiger partial charge >= 0.3 is 0 Å². The second-order valence-electron chi connectivity index (χ2n) is 3.57. The molecule has 0 spiro atoms. The Labute approximate surface area is 115 Å². The Kier molecular flexibility index (Phi) is 14.0. The highest BCUT2D eigenvalue weighted by Crippen LogP contribution is 2.19. The second-order valence-corrected chi connectivity index (χ2v) is 3.57. The van der Waals surface area contributed by atoms with Crippen LogP contribution in [-0.2, 0) is 6.42 Å². The molecule has 21 heavy (non-hydrogen) atoms. The van der Waals surface area contributed by atoms with E-state index in [1.54, 1.807) is 0 Å². The van der Waals surface area contributed by atoms with E-state index in [4.69, 9.17) is 33.0 Å². The van der Waals surface area contributed by atoms with E-state index in [1.807, 2.05) is 6.20 Å². The highest BCUT2D eigenvalue weighted by Gasteiger charge is 2.02. The third-order valence-corrected chi connectivity index (χ3v) is 2.47. The minimum Gasteiger partial charge on any atom is -0.361 e. The molecule has 0 saturated heterocycles. The molecule has 0 fully saturated rings. The van der Waals surface area contributed by atoms with Gasteiger partial charge in [-0.25, -0.2) is 0 Å². The lowest BCUT2D eigenvalue weighted by Crippen LogP contribution is -1.86. The first-order chi connectivity index (χ1) is 10.3. The van der Waals surface area contributed by atoms with Crippen molar-refractivity contribution in [3.05, 3.63) is 46.0 Å². The van der Waals surface area contributed by atoms with Gasteiger partial charge in [-0.05, 0) is 36.1 Å². The molecule has 4 nitrogen and oxygen atoms in total. The van der Waals surface area contributed by atoms with Crippen LogP contribution < -0.4 is 0 Å². The molecule has 2 rings (SSSR count). The molecule has 10 heteroatoms. The van der Waals surface area contributed by atoms with Gasteiger partial charge in [0, 0.05) is 56.0 Å². The number of azide groups is 1. The maximum atomic E-state index is 8.20. The van der Waals surface area contributed by atoms with E-state index in [0.29, 0.717) is 6.54 Å². The number of hydrogen-bond acceptors (Lipinski definition) is 1. The number of H-pyrrole nitrogens is 1. The average Bonchev–Trinajstić information content (AvgIpc) is 2.96. The zero-order valence-electron chi connectivity index (χ0n) is 10.8. The maximum Gasteiger partial charge on any atom is 0.0459 e. The van der Waals surface area contributed by atoms with Crippen molar-refractivity contribution < 1.29 is 27.4 Å². The largest absolute Gasteiger partial charge is 0.361 e. The second kappa shape index (κ2) is 14.1. The van der Waals surface area contributed by atoms with Gasteiger partial charge in [-0.15, -0.1) is 0 Å². The summed E-state index contributed by atoms with van der Waals surface area (Å²) in [6, 6.07) is 6.31. The molecule has 2 aromatic rings. The predicted octanol–water partition coefficient (Wildman–Crippen LogP) is 5.85. The fourth-order valence-electron chi connectivity index (χ4n) is 1.72. The third kappa shape index (κ3) is 7.11. The van der Waals surface area contributed by atoms with Gasteiger partial charge in [-0.2, -0.15) is 0 Å². The first-order valence-corrected chi connectivity index (χ1v) is 5.31. The van der Waals surface area contributed by atoms with Crippen LogP contribution in [0, 0.1) is 6.92 Å². The first kappa shape index (κ1) is 21.0. The van der Waals surface area contributed by atoms with Gasteiger partial charge in [-0.1, -0.05) is 17.2 Å². The Bertz CT molecular complexity index is 538. The monoisotopic (exact) mass is 314 g/mol. The number of hydrogen-bond donors (Lipinski definition) is 1. The number of rotatable bonds is 3. The average molecular weight is 314 g/mol. The number of aromatic amines is 1. The predicted molar refractivity (Wildman–Crippen MR) is 67.4 cm³/mol. The topological polar surface area (TPSA) is 64.6 Å². The minimum absolute atomic E-state index is 0.511. The Hall–Kier alpha value is -2.35. The van der Waals surface area contributed by atoms with Gasteiger partial charge in [0.2, 0.25) is 0 Å². The Morgan fingerprint density at radius 2 is 1.76 bits per heavy atom. The number of aryl methyl sites for hydroxylation is 1. The van der Waals surface area contributed by atoms with Crippen molar-refractivity contribution in [1.82, 2.24) is 4.98 Å². The van der Waals surface area contributed by atoms with Gasteiger partial charge < -0.3 is 4.98 Å². The fourth-order valence-corrected chi connectivity index (χ4v) is 1.72. The molecule has 1 heterocycles. The molecule has 0 aliphatic heterocycles. The Morgan fingerprint density at radius 1 is 1.14 bits per heavy atom. The molecule has 0 radical (unpaired) electrons. The molecule has 1 aromatic heterocycles. The highest BCUT2D eigenvalue weighted by atomic mass is 20.0. The molecule has 0 saturated carbocycles. The van der Waals surface area contributed by atoms with E-state index in [9.17, 15) is 0 Å². The quantitative estimate of drug-likeness (QED) is 0.320. The summed E-state index contributed by atoms with van der Waals surface area (Å²) in [6.45, 7) is 2.58. The lowest BCUT2D eigenvalue weighted by atomic mass is 10.1. The molecule has 0 atom stereocenters. The molecule has 0 aliphatic carbocycles. The standard InChI is InChI=1S/C11H12N4.3F2/c1-8-2-3-10-9(4-5-14-15-12)7-13-11(10)6-8;3*1-2/h2-3,6-7,13H,4-5H2,1H3;;;. The summed E-state index contributed by atoms with van der Waals surface area (Å²) < 4.78 is 48.0. The molecule has 0 unspecified atom stereocenters. The molecular weight excluding hydrogens is 302 g/mol. The van der Waals surface area contributed by atoms with Crippen LogP contribution in [0.25, 0.3) is 21.3 Å². The SMILES string of the molecule is Cc1ccc2c(CCN=[N+]=[N-])c[nH]c2c1.FF.FF.FF. The molecule has 118 valence electrons. The first-order valence-electron chi connectivity index (χ1n) is 5.31. The summed E-state index contributed by atoms with van der Waals surface area (Å²) in [5, 5.41) is 4.75. The van der Waals surface area contributed by atoms with Crippen molar-refractivity contribution >= 4 is 10.9 Å². The number of fused-ring (bicyclic) bond motifs is 1. The van der Waals surface area contributed by atoms with Crippen LogP contribution in [-0.4, -0.2) is 11.5 Å². The minimum atomic E-state index is 0.511. The van der Waals surface area contributed by atoms with E-state index >= 15 is 0 Å². The van der Waals surface area contributed by atoms with Gasteiger partial charge in [0.05, 0.1) is 0 Å². The van der Waals surface area contributed by atoms with Crippen LogP contribution in [0.1, 0.15) is 11.1 Å². The number of nitrogens with one attached hydrogen (secondary N) is 1. The smallest absolute Gasteiger partial charge is 0.0459 e. The van der Waals surface area contributed by atoms with Crippen molar-refractivity contribution in [2.45, 2.75) is 13.3 Å². The summed E-state index contributed by atoms with van der Waals surface area (Å²) in [5.41, 5.74) is 11.8. The lowest BCUT2D eigenvalue weighted by Gasteiger charge is -1.96. The zero-order chi connectivity index (χ0) is 16.7. The number of nitrogens with zero attached hydrogens (tertiary/aromatic N) is 3. The summed E-state index contributed by atoms with van der Waals surface area (Å²) in [6.07, 6.45) is 2.77. The molecule has 0 amide bonds. The van der Waals surface area contributed by atoms with Crippen molar-refractivity contribution in [2.75, 3.05) is 6.54 Å². The van der Waals surface area contributed by atoms with Crippen molar-refractivity contribution in [2.24, 2.45) is 5.11 Å². The van der Waals surface area contributed by atoms with Crippen LogP contribution in [0.3, 0.4) is 0 Å². The Balaban J connectivity index is 0. The lowest BCUT2D eigenvalue weighted by molar-refractivity contribution is 0.108. The van der Waals surface area contributed by atoms with E-state index in [-0.39, 0.29) is 0 Å². The summed E-state index contributed by atoms with van der Waals surface area (Å²) in [7, 11) is 0. The molecule has 1 N–H and O–H groups in total. The summed E-state index contributed by atoms with van der Waals surface area (Å²) in [4.78, 5) is 5.97. The maximum absolute atomic E-state index is 8.20. The van der Waals surface area contributed by atoms with E-state index in [1.165, 1.54) is 16.5 Å². The number of benzene rings is 1. The highest BCUT2D eigenvalue weighted by molar-refractivity contribution is 5.83. The van der Waals surface area contributed by atoms with Gasteiger partial charge in [-0.3, -0.25) is 0 Å². The summed E-state index contributed by atoms with van der Waals surface area (Å²) >= 11 is 0. The van der Waals surface area contributed by atoms with E-state index in [2.05, 4.69) is 40.1 Å². The Morgan fingerprint density at radius 3 is 2.33 bits per heavy atom. The van der Waals surface area contributed by atoms with Crippen molar-refractivity contribution in [1.29, 1.82) is 0 Å². The van der Waals surface area contributed by atoms with Crippen molar-refractivity contribution in [3.63, 3.8) is 0 Å². The van der Waals surface area contributed by atoms with Crippen LogP contribution >= 0.6 is 0 Å². The van der Waals surface area contributed by atoms with Crippen LogP contribution in [0.15, 0.2) is 29.5 Å². The van der Waals surface area contributed by atoms with Crippen LogP contribution in [0.4, 0.5) is 27.4 Å². The third-order valence-electron chi connectivity index (χ3n) is 2.47. The molecule has 0 bridgehead atoms. The van der Waals surface area contributed by atoms with Crippen molar-refractivity contribution in [3.8, 4) is 0 Å². The zero-order valence-corrected chi connectivity index (χ0v) is 10.8. The van der Waals surface area contributed by atoms with Crippen LogP contribution in [0.2, 0.25) is 0 Å². The number of aromatic nitrogens is 1. The molecule has 0 aliphatic rings. The normalized spacial score (nSPS) is 8.14. The fraction of sp³-hybridized carbons (Fsp3) is 0.273. The number of halogens is 6. The molecular formula is C11H12F6N4. The van der Waals surface area contributed by atoms with E-state index in [0.717, 1.165) is 11.9 Å². The van der Waals surface area contributed by atoms with Crippen LogP contribution in [0.5, 0.6) is 0 Å². The summed E-state index contributed by atoms with van der Waals surface area (Å²) in [5.74, 6) is 0. The molecule has 1 aromatic carbocycles. The van der Waals surface area contributed by atoms with Gasteiger partial charge in [0.25, 0.3) is 0 Å². The van der Waals surface area contributed by atoms with Gasteiger partial charge in [0.1, 0.15) is 0 Å². The van der Waals surface area contributed by atoms with E-state index < -0.39 is 0 Å². The van der Waals surface area contributed by atoms with Gasteiger partial charge in [0.15, 0.2) is 0 Å².